The van der Waals surface area contributed by atoms with Gasteiger partial charge in [0.05, 0.1) is 24.0 Å². The van der Waals surface area contributed by atoms with Crippen molar-refractivity contribution in [1.29, 1.82) is 5.26 Å². The van der Waals surface area contributed by atoms with E-state index in [-0.39, 0.29) is 24.2 Å². The predicted molar refractivity (Wildman–Crippen MR) is 93.3 cm³/mol. The highest BCUT2D eigenvalue weighted by atomic mass is 19.1. The first-order chi connectivity index (χ1) is 11.4. The molecule has 0 unspecified atom stereocenters. The minimum atomic E-state index is -0.939. The van der Waals surface area contributed by atoms with Crippen LogP contribution in [0.25, 0.3) is 0 Å². The number of nitrogens with one attached hydrogen (secondary N) is 2. The summed E-state index contributed by atoms with van der Waals surface area (Å²) < 4.78 is 14.2. The molecule has 2 N–H and O–H groups in total. The minimum Gasteiger partial charge on any atom is -0.372 e. The van der Waals surface area contributed by atoms with Crippen molar-refractivity contribution in [3.8, 4) is 6.07 Å². The maximum absolute atomic E-state index is 14.2. The van der Waals surface area contributed by atoms with Crippen molar-refractivity contribution in [3.05, 3.63) is 24.0 Å². The Hall–Kier alpha value is -2.29. The summed E-state index contributed by atoms with van der Waals surface area (Å²) in [5, 5.41) is 14.9. The van der Waals surface area contributed by atoms with Gasteiger partial charge in [-0.2, -0.15) is 5.26 Å². The number of benzene rings is 1. The molecule has 1 amide bonds. The zero-order valence-corrected chi connectivity index (χ0v) is 14.5. The summed E-state index contributed by atoms with van der Waals surface area (Å²) in [7, 11) is 0. The van der Waals surface area contributed by atoms with Crippen LogP contribution >= 0.6 is 0 Å². The van der Waals surface area contributed by atoms with Gasteiger partial charge in [0.2, 0.25) is 5.91 Å². The van der Waals surface area contributed by atoms with Gasteiger partial charge in [-0.3, -0.25) is 4.79 Å². The third kappa shape index (κ3) is 3.97. The summed E-state index contributed by atoms with van der Waals surface area (Å²) in [5.74, 6) is -0.734. The van der Waals surface area contributed by atoms with Gasteiger partial charge < -0.3 is 15.5 Å². The normalized spacial score (nSPS) is 16.6. The van der Waals surface area contributed by atoms with Gasteiger partial charge in [-0.15, -0.1) is 0 Å². The Balaban J connectivity index is 2.07. The number of para-hydroxylation sites is 1. The molecule has 0 radical (unpaired) electrons. The second kappa shape index (κ2) is 7.52. The molecule has 1 aromatic carbocycles. The molecule has 1 aliphatic rings. The first kappa shape index (κ1) is 18.1. The SMILES string of the molecule is CC(C)[C@](C)(C#N)NC(=O)CNc1c(F)cccc1N1CCCC1. The molecule has 0 spiro atoms. The van der Waals surface area contributed by atoms with E-state index in [0.29, 0.717) is 5.69 Å². The Morgan fingerprint density at radius 3 is 2.67 bits per heavy atom. The zero-order chi connectivity index (χ0) is 17.7. The van der Waals surface area contributed by atoms with Crippen molar-refractivity contribution >= 4 is 17.3 Å². The van der Waals surface area contributed by atoms with Crippen LogP contribution < -0.4 is 15.5 Å². The molecule has 0 saturated carbocycles. The molecule has 0 bridgehead atoms. The molecule has 0 aliphatic carbocycles. The number of nitriles is 1. The van der Waals surface area contributed by atoms with E-state index >= 15 is 0 Å². The van der Waals surface area contributed by atoms with E-state index < -0.39 is 5.54 Å². The maximum Gasteiger partial charge on any atom is 0.240 e. The lowest BCUT2D eigenvalue weighted by molar-refractivity contribution is -0.121. The highest BCUT2D eigenvalue weighted by molar-refractivity contribution is 5.83. The van der Waals surface area contributed by atoms with Crippen LogP contribution in [0.3, 0.4) is 0 Å². The number of carbonyl (C=O) groups excluding carboxylic acids is 1. The van der Waals surface area contributed by atoms with Gasteiger partial charge in [0.1, 0.15) is 11.4 Å². The lowest BCUT2D eigenvalue weighted by Crippen LogP contribution is -2.50. The molecule has 0 aromatic heterocycles. The molecule has 2 rings (SSSR count). The maximum atomic E-state index is 14.2. The quantitative estimate of drug-likeness (QED) is 0.840. The Morgan fingerprint density at radius 2 is 2.08 bits per heavy atom. The van der Waals surface area contributed by atoms with E-state index in [9.17, 15) is 14.4 Å². The van der Waals surface area contributed by atoms with Crippen LogP contribution in [-0.2, 0) is 4.79 Å². The molecule has 1 atom stereocenters. The number of hydrogen-bond donors (Lipinski definition) is 2. The van der Waals surface area contributed by atoms with Gasteiger partial charge >= 0.3 is 0 Å². The van der Waals surface area contributed by atoms with Crippen LogP contribution in [0.2, 0.25) is 0 Å². The van der Waals surface area contributed by atoms with E-state index in [4.69, 9.17) is 0 Å². The Morgan fingerprint density at radius 1 is 1.42 bits per heavy atom. The topological polar surface area (TPSA) is 68.2 Å². The Kier molecular flexibility index (Phi) is 5.66. The third-order valence-electron chi connectivity index (χ3n) is 4.65. The van der Waals surface area contributed by atoms with Crippen LogP contribution in [0, 0.1) is 23.1 Å². The number of nitrogens with zero attached hydrogens (tertiary/aromatic N) is 2. The van der Waals surface area contributed by atoms with Crippen molar-refractivity contribution in [2.45, 2.75) is 39.2 Å². The van der Waals surface area contributed by atoms with Gasteiger partial charge in [0.25, 0.3) is 0 Å². The zero-order valence-electron chi connectivity index (χ0n) is 14.5. The van der Waals surface area contributed by atoms with Gasteiger partial charge in [-0.05, 0) is 37.8 Å². The Bertz CT molecular complexity index is 634. The van der Waals surface area contributed by atoms with Crippen LogP contribution in [-0.4, -0.2) is 31.1 Å². The second-order valence-electron chi connectivity index (χ2n) is 6.70. The summed E-state index contributed by atoms with van der Waals surface area (Å²) in [6.45, 7) is 7.15. The van der Waals surface area contributed by atoms with Crippen molar-refractivity contribution < 1.29 is 9.18 Å². The summed E-state index contributed by atoms with van der Waals surface area (Å²) >= 11 is 0. The molecule has 1 fully saturated rings. The second-order valence-corrected chi connectivity index (χ2v) is 6.70. The fraction of sp³-hybridized carbons (Fsp3) is 0.556. The molecule has 5 nitrogen and oxygen atoms in total. The van der Waals surface area contributed by atoms with Crippen molar-refractivity contribution in [1.82, 2.24) is 5.32 Å². The lowest BCUT2D eigenvalue weighted by Gasteiger charge is -2.28. The Labute approximate surface area is 142 Å². The predicted octanol–water partition coefficient (Wildman–Crippen LogP) is 2.89. The molecule has 24 heavy (non-hydrogen) atoms. The first-order valence-corrected chi connectivity index (χ1v) is 8.37. The number of carbonyl (C=O) groups is 1. The smallest absolute Gasteiger partial charge is 0.240 e. The molecule has 1 saturated heterocycles. The number of rotatable bonds is 6. The lowest BCUT2D eigenvalue weighted by atomic mass is 9.90. The number of amides is 1. The fourth-order valence-corrected chi connectivity index (χ4v) is 2.71. The number of halogens is 1. The highest BCUT2D eigenvalue weighted by Crippen LogP contribution is 2.31. The van der Waals surface area contributed by atoms with Crippen LogP contribution in [0.15, 0.2) is 18.2 Å². The highest BCUT2D eigenvalue weighted by Gasteiger charge is 2.30. The van der Waals surface area contributed by atoms with Crippen molar-refractivity contribution in [2.75, 3.05) is 29.9 Å². The largest absolute Gasteiger partial charge is 0.372 e. The van der Waals surface area contributed by atoms with E-state index in [1.807, 2.05) is 19.9 Å². The van der Waals surface area contributed by atoms with Crippen LogP contribution in [0.4, 0.5) is 15.8 Å². The van der Waals surface area contributed by atoms with Gasteiger partial charge in [-0.1, -0.05) is 19.9 Å². The molecule has 6 heteroatoms. The van der Waals surface area contributed by atoms with Crippen molar-refractivity contribution in [2.24, 2.45) is 5.92 Å². The fourth-order valence-electron chi connectivity index (χ4n) is 2.71. The number of hydrogen-bond acceptors (Lipinski definition) is 4. The summed E-state index contributed by atoms with van der Waals surface area (Å²) in [5.41, 5.74) is 0.191. The van der Waals surface area contributed by atoms with Crippen LogP contribution in [0.5, 0.6) is 0 Å². The molecular formula is C18H25FN4O. The van der Waals surface area contributed by atoms with E-state index in [1.54, 1.807) is 13.0 Å². The number of anilines is 2. The summed E-state index contributed by atoms with van der Waals surface area (Å²) in [6, 6.07) is 7.06. The molecule has 1 aliphatic heterocycles. The monoisotopic (exact) mass is 332 g/mol. The van der Waals surface area contributed by atoms with Crippen LogP contribution in [0.1, 0.15) is 33.6 Å². The molecular weight excluding hydrogens is 307 g/mol. The summed E-state index contributed by atoms with van der Waals surface area (Å²) in [6.07, 6.45) is 2.18. The van der Waals surface area contributed by atoms with Gasteiger partial charge in [0.15, 0.2) is 0 Å². The molecule has 1 heterocycles. The van der Waals surface area contributed by atoms with E-state index in [2.05, 4.69) is 21.6 Å². The van der Waals surface area contributed by atoms with E-state index in [1.165, 1.54) is 6.07 Å². The molecule has 130 valence electrons. The molecule has 1 aromatic rings. The average Bonchev–Trinajstić information content (AvgIpc) is 3.07. The standard InChI is InChI=1S/C18H25FN4O/c1-13(2)18(3,12-20)22-16(24)11-21-17-14(19)7-6-8-15(17)23-9-4-5-10-23/h6-8,13,21H,4-5,9-11H2,1-3H3,(H,22,24)/t18-/m0/s1. The van der Waals surface area contributed by atoms with E-state index in [0.717, 1.165) is 31.6 Å². The summed E-state index contributed by atoms with van der Waals surface area (Å²) in [4.78, 5) is 14.3. The minimum absolute atomic E-state index is 0.0277. The van der Waals surface area contributed by atoms with Crippen molar-refractivity contribution in [3.63, 3.8) is 0 Å². The van der Waals surface area contributed by atoms with Gasteiger partial charge in [0, 0.05) is 13.1 Å². The average molecular weight is 332 g/mol. The van der Waals surface area contributed by atoms with Gasteiger partial charge in [-0.25, -0.2) is 4.39 Å². The first-order valence-electron chi connectivity index (χ1n) is 8.37. The third-order valence-corrected chi connectivity index (χ3v) is 4.65.